The van der Waals surface area contributed by atoms with E-state index in [0.717, 1.165) is 5.56 Å². The van der Waals surface area contributed by atoms with Crippen molar-refractivity contribution >= 4 is 33.4 Å². The van der Waals surface area contributed by atoms with Gasteiger partial charge in [-0.15, -0.1) is 11.8 Å². The highest BCUT2D eigenvalue weighted by atomic mass is 32.2. The largest absolute Gasteiger partial charge is 0.398 e. The van der Waals surface area contributed by atoms with E-state index < -0.39 is 27.9 Å². The van der Waals surface area contributed by atoms with Crippen LogP contribution in [0.3, 0.4) is 0 Å². The lowest BCUT2D eigenvalue weighted by Gasteiger charge is -2.13. The fourth-order valence-electron chi connectivity index (χ4n) is 2.44. The number of thioether (sulfide) groups is 1. The van der Waals surface area contributed by atoms with Gasteiger partial charge in [-0.1, -0.05) is 24.3 Å². The smallest absolute Gasteiger partial charge is 0.325 e. The number of rotatable bonds is 8. The summed E-state index contributed by atoms with van der Waals surface area (Å²) in [5.41, 5.74) is 1.63. The number of para-hydroxylation sites is 1. The normalized spacial score (nSPS) is 12.0. The van der Waals surface area contributed by atoms with Gasteiger partial charge in [0.25, 0.3) is 0 Å². The van der Waals surface area contributed by atoms with Crippen LogP contribution < -0.4 is 10.0 Å². The van der Waals surface area contributed by atoms with E-state index in [0.29, 0.717) is 17.3 Å². The third kappa shape index (κ3) is 7.37. The summed E-state index contributed by atoms with van der Waals surface area (Å²) >= 11 is 0.573. The van der Waals surface area contributed by atoms with Crippen LogP contribution in [0, 0.1) is 13.8 Å². The maximum atomic E-state index is 12.4. The first-order valence-corrected chi connectivity index (χ1v) is 11.1. The van der Waals surface area contributed by atoms with Gasteiger partial charge in [-0.05, 0) is 43.2 Å². The minimum Gasteiger partial charge on any atom is -0.325 e. The second-order valence-corrected chi connectivity index (χ2v) is 9.12. The molecule has 0 aliphatic rings. The Kier molecular flexibility index (Phi) is 7.73. The molecule has 0 aromatic heterocycles. The monoisotopic (exact) mass is 446 g/mol. The van der Waals surface area contributed by atoms with Crippen LogP contribution in [0.4, 0.5) is 18.9 Å². The number of hydrogen-bond donors (Lipinski definition) is 2. The Labute approximate surface area is 172 Å². The van der Waals surface area contributed by atoms with Gasteiger partial charge < -0.3 is 5.32 Å². The third-order valence-electron chi connectivity index (χ3n) is 3.83. The van der Waals surface area contributed by atoms with E-state index in [9.17, 15) is 26.4 Å². The Morgan fingerprint density at radius 1 is 1.10 bits per heavy atom. The minimum atomic E-state index is -4.33. The van der Waals surface area contributed by atoms with E-state index in [2.05, 4.69) is 10.0 Å². The third-order valence-corrected chi connectivity index (χ3v) is 6.57. The highest BCUT2D eigenvalue weighted by Crippen LogP contribution is 2.32. The quantitative estimate of drug-likeness (QED) is 0.594. The molecule has 0 spiro atoms. The molecule has 2 rings (SSSR count). The van der Waals surface area contributed by atoms with Crippen molar-refractivity contribution in [2.75, 3.05) is 17.6 Å². The molecule has 0 unspecified atom stereocenters. The zero-order chi connectivity index (χ0) is 21.7. The average molecular weight is 447 g/mol. The van der Waals surface area contributed by atoms with E-state index in [1.54, 1.807) is 44.2 Å². The van der Waals surface area contributed by atoms with Crippen molar-refractivity contribution in [3.05, 3.63) is 53.6 Å². The summed E-state index contributed by atoms with van der Waals surface area (Å²) in [6, 6.07) is 11.2. The molecule has 29 heavy (non-hydrogen) atoms. The summed E-state index contributed by atoms with van der Waals surface area (Å²) in [4.78, 5) is 12.6. The zero-order valence-electron chi connectivity index (χ0n) is 15.8. The number of amides is 1. The summed E-state index contributed by atoms with van der Waals surface area (Å²) in [6.07, 6.45) is -4.49. The molecule has 1 amide bonds. The van der Waals surface area contributed by atoms with Crippen LogP contribution in [0.5, 0.6) is 0 Å². The highest BCUT2D eigenvalue weighted by Gasteiger charge is 2.27. The summed E-state index contributed by atoms with van der Waals surface area (Å²) in [5.74, 6) is -1.58. The van der Waals surface area contributed by atoms with Crippen molar-refractivity contribution in [3.63, 3.8) is 0 Å². The molecule has 0 aliphatic carbocycles. The number of aryl methyl sites for hydroxylation is 2. The van der Waals surface area contributed by atoms with Crippen molar-refractivity contribution < 1.29 is 26.4 Å². The average Bonchev–Trinajstić information content (AvgIpc) is 2.62. The molecule has 5 nitrogen and oxygen atoms in total. The molecule has 2 N–H and O–H groups in total. The van der Waals surface area contributed by atoms with Gasteiger partial charge in [0, 0.05) is 17.9 Å². The topological polar surface area (TPSA) is 75.3 Å². The van der Waals surface area contributed by atoms with Crippen molar-refractivity contribution in [2.45, 2.75) is 36.2 Å². The van der Waals surface area contributed by atoms with Crippen LogP contribution in [-0.2, 0) is 14.8 Å². The highest BCUT2D eigenvalue weighted by molar-refractivity contribution is 7.99. The van der Waals surface area contributed by atoms with Crippen LogP contribution in [0.25, 0.3) is 0 Å². The van der Waals surface area contributed by atoms with E-state index in [1.807, 2.05) is 0 Å². The number of carbonyl (C=O) groups is 1. The van der Waals surface area contributed by atoms with Crippen LogP contribution in [0.1, 0.15) is 17.5 Å². The van der Waals surface area contributed by atoms with Gasteiger partial charge in [-0.2, -0.15) is 13.2 Å². The van der Waals surface area contributed by atoms with Gasteiger partial charge in [0.2, 0.25) is 15.9 Å². The van der Waals surface area contributed by atoms with Crippen molar-refractivity contribution in [1.29, 1.82) is 0 Å². The van der Waals surface area contributed by atoms with Gasteiger partial charge >= 0.3 is 6.18 Å². The Balaban J connectivity index is 1.95. The van der Waals surface area contributed by atoms with Crippen molar-refractivity contribution in [3.8, 4) is 0 Å². The van der Waals surface area contributed by atoms with Crippen molar-refractivity contribution in [1.82, 2.24) is 4.72 Å². The first-order valence-electron chi connectivity index (χ1n) is 8.63. The number of nitrogens with one attached hydrogen (secondary N) is 2. The summed E-state index contributed by atoms with van der Waals surface area (Å²) in [5, 5.41) is 2.53. The standard InChI is InChI=1S/C19H21F3N2O3S2/c1-13-7-8-14(2)17(11-13)29(26,27)23-10-9-18(25)24-15-5-3-4-6-16(15)28-12-19(20,21)22/h3-8,11,23H,9-10,12H2,1-2H3,(H,24,25). The van der Waals surface area contributed by atoms with Gasteiger partial charge in [0.15, 0.2) is 0 Å². The molecule has 0 aliphatic heterocycles. The second-order valence-electron chi connectivity index (χ2n) is 6.36. The fourth-order valence-corrected chi connectivity index (χ4v) is 4.57. The van der Waals surface area contributed by atoms with Crippen LogP contribution >= 0.6 is 11.8 Å². The fraction of sp³-hybridized carbons (Fsp3) is 0.316. The molecule has 0 saturated carbocycles. The van der Waals surface area contributed by atoms with Crippen LogP contribution in [-0.4, -0.2) is 32.8 Å². The number of benzene rings is 2. The van der Waals surface area contributed by atoms with Gasteiger partial charge in [-0.3, -0.25) is 4.79 Å². The molecule has 0 heterocycles. The van der Waals surface area contributed by atoms with Crippen molar-refractivity contribution in [2.24, 2.45) is 0 Å². The molecule has 0 radical (unpaired) electrons. The SMILES string of the molecule is Cc1ccc(C)c(S(=O)(=O)NCCC(=O)Nc2ccccc2SCC(F)(F)F)c1. The van der Waals surface area contributed by atoms with E-state index in [1.165, 1.54) is 12.1 Å². The Bertz CT molecular complexity index is 977. The number of sulfonamides is 1. The Hall–Kier alpha value is -2.04. The molecule has 2 aromatic rings. The molecule has 0 atom stereocenters. The summed E-state index contributed by atoms with van der Waals surface area (Å²) in [7, 11) is -3.77. The predicted octanol–water partition coefficient (Wildman–Crippen LogP) is 4.26. The first-order chi connectivity index (χ1) is 13.5. The Morgan fingerprint density at radius 2 is 1.79 bits per heavy atom. The molecule has 2 aromatic carbocycles. The molecule has 0 saturated heterocycles. The van der Waals surface area contributed by atoms with E-state index >= 15 is 0 Å². The molecular formula is C19H21F3N2O3S2. The maximum Gasteiger partial charge on any atom is 0.398 e. The second kappa shape index (κ2) is 9.64. The number of carbonyl (C=O) groups excluding carboxylic acids is 1. The lowest BCUT2D eigenvalue weighted by molar-refractivity contribution is -0.116. The molecule has 0 fully saturated rings. The minimum absolute atomic E-state index is 0.139. The Morgan fingerprint density at radius 3 is 2.48 bits per heavy atom. The number of hydrogen-bond acceptors (Lipinski definition) is 4. The molecule has 0 bridgehead atoms. The predicted molar refractivity (Wildman–Crippen MR) is 108 cm³/mol. The lowest BCUT2D eigenvalue weighted by Crippen LogP contribution is -2.28. The molecule has 10 heteroatoms. The summed E-state index contributed by atoms with van der Waals surface area (Å²) in [6.45, 7) is 3.32. The maximum absolute atomic E-state index is 12.4. The van der Waals surface area contributed by atoms with Gasteiger partial charge in [0.05, 0.1) is 16.3 Å². The molecular weight excluding hydrogens is 425 g/mol. The van der Waals surface area contributed by atoms with E-state index in [4.69, 9.17) is 0 Å². The van der Waals surface area contributed by atoms with E-state index in [-0.39, 0.29) is 28.4 Å². The first kappa shape index (κ1) is 23.2. The lowest BCUT2D eigenvalue weighted by atomic mass is 10.2. The number of anilines is 1. The molecule has 158 valence electrons. The number of alkyl halides is 3. The van der Waals surface area contributed by atoms with Crippen LogP contribution in [0.2, 0.25) is 0 Å². The van der Waals surface area contributed by atoms with Crippen LogP contribution in [0.15, 0.2) is 52.3 Å². The van der Waals surface area contributed by atoms with Gasteiger partial charge in [-0.25, -0.2) is 13.1 Å². The zero-order valence-corrected chi connectivity index (χ0v) is 17.5. The number of halogens is 3. The van der Waals surface area contributed by atoms with Gasteiger partial charge in [0.1, 0.15) is 0 Å². The summed E-state index contributed by atoms with van der Waals surface area (Å²) < 4.78 is 64.5.